The van der Waals surface area contributed by atoms with Crippen molar-refractivity contribution in [2.45, 2.75) is 6.54 Å². The van der Waals surface area contributed by atoms with Crippen LogP contribution in [0.15, 0.2) is 42.5 Å². The molecule has 1 heterocycles. The Labute approximate surface area is 140 Å². The van der Waals surface area contributed by atoms with Gasteiger partial charge < -0.3 is 24.3 Å². The number of amides is 1. The molecule has 0 radical (unpaired) electrons. The normalized spacial score (nSPS) is 12.4. The fraction of sp³-hybridized carbons (Fsp3) is 0.278. The standard InChI is InChI=1S/C18H19NO5/c1-21-14-4-2-3-5-15(14)24-12-18(20)19-11-13-6-7-16-17(10-13)23-9-8-22-16/h2-7,10H,8-9,11-12H2,1H3,(H,19,20). The van der Waals surface area contributed by atoms with Crippen molar-refractivity contribution >= 4 is 5.91 Å². The maximum absolute atomic E-state index is 11.9. The molecule has 0 saturated carbocycles. The van der Waals surface area contributed by atoms with Crippen LogP contribution in [0.1, 0.15) is 5.56 Å². The average molecular weight is 329 g/mol. The van der Waals surface area contributed by atoms with Crippen molar-refractivity contribution in [2.75, 3.05) is 26.9 Å². The molecule has 0 fully saturated rings. The molecule has 3 rings (SSSR count). The van der Waals surface area contributed by atoms with Gasteiger partial charge in [-0.15, -0.1) is 0 Å². The molecule has 0 spiro atoms. The fourth-order valence-corrected chi connectivity index (χ4v) is 2.33. The molecule has 0 atom stereocenters. The minimum absolute atomic E-state index is 0.0784. The van der Waals surface area contributed by atoms with Crippen molar-refractivity contribution in [2.24, 2.45) is 0 Å². The first-order valence-corrected chi connectivity index (χ1v) is 7.67. The number of benzene rings is 2. The molecule has 1 amide bonds. The molecule has 1 aliphatic heterocycles. The van der Waals surface area contributed by atoms with Gasteiger partial charge in [0.15, 0.2) is 29.6 Å². The summed E-state index contributed by atoms with van der Waals surface area (Å²) in [7, 11) is 1.56. The Morgan fingerprint density at radius 2 is 1.83 bits per heavy atom. The van der Waals surface area contributed by atoms with Crippen LogP contribution in [0.2, 0.25) is 0 Å². The van der Waals surface area contributed by atoms with E-state index in [1.807, 2.05) is 30.3 Å². The highest BCUT2D eigenvalue weighted by Crippen LogP contribution is 2.30. The summed E-state index contributed by atoms with van der Waals surface area (Å²) >= 11 is 0. The van der Waals surface area contributed by atoms with Gasteiger partial charge in [0.2, 0.25) is 0 Å². The molecule has 2 aromatic carbocycles. The largest absolute Gasteiger partial charge is 0.493 e. The summed E-state index contributed by atoms with van der Waals surface area (Å²) in [5.41, 5.74) is 0.935. The lowest BCUT2D eigenvalue weighted by Gasteiger charge is -2.19. The zero-order chi connectivity index (χ0) is 16.8. The molecule has 0 bridgehead atoms. The monoisotopic (exact) mass is 329 g/mol. The van der Waals surface area contributed by atoms with Gasteiger partial charge >= 0.3 is 0 Å². The lowest BCUT2D eigenvalue weighted by Crippen LogP contribution is -2.28. The molecule has 0 unspecified atom stereocenters. The van der Waals surface area contributed by atoms with Crippen molar-refractivity contribution in [1.29, 1.82) is 0 Å². The van der Waals surface area contributed by atoms with Crippen molar-refractivity contribution in [3.8, 4) is 23.0 Å². The number of rotatable bonds is 6. The number of nitrogens with one attached hydrogen (secondary N) is 1. The molecule has 1 aliphatic rings. The van der Waals surface area contributed by atoms with Crippen LogP contribution in [0, 0.1) is 0 Å². The zero-order valence-corrected chi connectivity index (χ0v) is 13.4. The van der Waals surface area contributed by atoms with Gasteiger partial charge in [0, 0.05) is 6.54 Å². The van der Waals surface area contributed by atoms with E-state index in [-0.39, 0.29) is 12.5 Å². The maximum atomic E-state index is 11.9. The molecule has 0 aliphatic carbocycles. The van der Waals surface area contributed by atoms with Crippen LogP contribution in [-0.4, -0.2) is 32.8 Å². The highest BCUT2D eigenvalue weighted by atomic mass is 16.6. The van der Waals surface area contributed by atoms with Crippen LogP contribution in [0.4, 0.5) is 0 Å². The number of hydrogen-bond donors (Lipinski definition) is 1. The molecular weight excluding hydrogens is 310 g/mol. The van der Waals surface area contributed by atoms with Gasteiger partial charge in [0.05, 0.1) is 7.11 Å². The van der Waals surface area contributed by atoms with Crippen LogP contribution in [-0.2, 0) is 11.3 Å². The van der Waals surface area contributed by atoms with Gasteiger partial charge in [-0.25, -0.2) is 0 Å². The van der Waals surface area contributed by atoms with E-state index in [1.165, 1.54) is 0 Å². The number of ether oxygens (including phenoxy) is 4. The molecular formula is C18H19NO5. The number of methoxy groups -OCH3 is 1. The van der Waals surface area contributed by atoms with Gasteiger partial charge in [0.25, 0.3) is 5.91 Å². The topological polar surface area (TPSA) is 66.0 Å². The van der Waals surface area contributed by atoms with Crippen LogP contribution < -0.4 is 24.3 Å². The summed E-state index contributed by atoms with van der Waals surface area (Å²) in [5, 5.41) is 2.81. The molecule has 0 aromatic heterocycles. The minimum atomic E-state index is -0.212. The first-order valence-electron chi connectivity index (χ1n) is 7.67. The van der Waals surface area contributed by atoms with E-state index >= 15 is 0 Å². The van der Waals surface area contributed by atoms with E-state index in [4.69, 9.17) is 18.9 Å². The molecule has 6 nitrogen and oxygen atoms in total. The van der Waals surface area contributed by atoms with Crippen molar-refractivity contribution in [3.05, 3.63) is 48.0 Å². The third-order valence-electron chi connectivity index (χ3n) is 3.52. The van der Waals surface area contributed by atoms with E-state index in [2.05, 4.69) is 5.32 Å². The number of fused-ring (bicyclic) bond motifs is 1. The summed E-state index contributed by atoms with van der Waals surface area (Å²) in [4.78, 5) is 11.9. The second-order valence-electron chi connectivity index (χ2n) is 5.19. The minimum Gasteiger partial charge on any atom is -0.493 e. The van der Waals surface area contributed by atoms with Crippen molar-refractivity contribution < 1.29 is 23.7 Å². The first-order chi connectivity index (χ1) is 11.8. The average Bonchev–Trinajstić information content (AvgIpc) is 2.64. The Hall–Kier alpha value is -2.89. The Kier molecular flexibility index (Phi) is 5.05. The van der Waals surface area contributed by atoms with Crippen LogP contribution in [0.5, 0.6) is 23.0 Å². The van der Waals surface area contributed by atoms with Gasteiger partial charge in [-0.2, -0.15) is 0 Å². The third-order valence-corrected chi connectivity index (χ3v) is 3.52. The van der Waals surface area contributed by atoms with Crippen molar-refractivity contribution in [3.63, 3.8) is 0 Å². The molecule has 2 aromatic rings. The molecule has 0 saturated heterocycles. The van der Waals surface area contributed by atoms with E-state index < -0.39 is 0 Å². The van der Waals surface area contributed by atoms with E-state index in [9.17, 15) is 4.79 Å². The lowest BCUT2D eigenvalue weighted by molar-refractivity contribution is -0.123. The van der Waals surface area contributed by atoms with Crippen LogP contribution in [0.25, 0.3) is 0 Å². The van der Waals surface area contributed by atoms with Gasteiger partial charge in [-0.3, -0.25) is 4.79 Å². The Morgan fingerprint density at radius 3 is 2.62 bits per heavy atom. The molecule has 24 heavy (non-hydrogen) atoms. The van der Waals surface area contributed by atoms with Gasteiger partial charge in [0.1, 0.15) is 13.2 Å². The summed E-state index contributed by atoms with van der Waals surface area (Å²) < 4.78 is 21.7. The zero-order valence-electron chi connectivity index (χ0n) is 13.4. The molecule has 126 valence electrons. The summed E-state index contributed by atoms with van der Waals surface area (Å²) in [6, 6.07) is 12.8. The number of carbonyl (C=O) groups is 1. The van der Waals surface area contributed by atoms with Gasteiger partial charge in [-0.1, -0.05) is 18.2 Å². The number of carbonyl (C=O) groups excluding carboxylic acids is 1. The third kappa shape index (κ3) is 3.90. The second-order valence-corrected chi connectivity index (χ2v) is 5.19. The quantitative estimate of drug-likeness (QED) is 0.880. The smallest absolute Gasteiger partial charge is 0.258 e. The van der Waals surface area contributed by atoms with Gasteiger partial charge in [-0.05, 0) is 29.8 Å². The first kappa shape index (κ1) is 16.0. The van der Waals surface area contributed by atoms with E-state index in [1.54, 1.807) is 19.2 Å². The number of hydrogen-bond acceptors (Lipinski definition) is 5. The maximum Gasteiger partial charge on any atom is 0.258 e. The molecule has 1 N–H and O–H groups in total. The summed E-state index contributed by atoms with van der Waals surface area (Å²) in [6.07, 6.45) is 0. The second kappa shape index (κ2) is 7.59. The highest BCUT2D eigenvalue weighted by Gasteiger charge is 2.12. The Morgan fingerprint density at radius 1 is 1.08 bits per heavy atom. The highest BCUT2D eigenvalue weighted by molar-refractivity contribution is 5.77. The van der Waals surface area contributed by atoms with Crippen LogP contribution >= 0.6 is 0 Å². The van der Waals surface area contributed by atoms with Crippen molar-refractivity contribution in [1.82, 2.24) is 5.32 Å². The lowest BCUT2D eigenvalue weighted by atomic mass is 10.2. The fourth-order valence-electron chi connectivity index (χ4n) is 2.33. The Bertz CT molecular complexity index is 716. The molecule has 6 heteroatoms. The van der Waals surface area contributed by atoms with E-state index in [0.717, 1.165) is 11.3 Å². The summed E-state index contributed by atoms with van der Waals surface area (Å²) in [5.74, 6) is 2.36. The SMILES string of the molecule is COc1ccccc1OCC(=O)NCc1ccc2c(c1)OCCO2. The summed E-state index contributed by atoms with van der Waals surface area (Å²) in [6.45, 7) is 1.41. The number of para-hydroxylation sites is 2. The van der Waals surface area contributed by atoms with Crippen LogP contribution in [0.3, 0.4) is 0 Å². The predicted octanol–water partition coefficient (Wildman–Crippen LogP) is 2.16. The van der Waals surface area contributed by atoms with E-state index in [0.29, 0.717) is 37.0 Å². The Balaban J connectivity index is 1.50. The predicted molar refractivity (Wildman–Crippen MR) is 87.8 cm³/mol.